The molecule has 90 valence electrons. The molecule has 1 aromatic rings. The molecule has 0 heterocycles. The van der Waals surface area contributed by atoms with Crippen LogP contribution in [0.1, 0.15) is 49.5 Å². The lowest BCUT2D eigenvalue weighted by Crippen LogP contribution is -2.05. The van der Waals surface area contributed by atoms with Crippen molar-refractivity contribution < 1.29 is 9.84 Å². The van der Waals surface area contributed by atoms with Crippen LogP contribution in [-0.4, -0.2) is 11.7 Å². The maximum absolute atomic E-state index is 9.98. The second-order valence-corrected chi connectivity index (χ2v) is 4.27. The van der Waals surface area contributed by atoms with Crippen LogP contribution in [0.5, 0.6) is 5.75 Å². The van der Waals surface area contributed by atoms with Gasteiger partial charge >= 0.3 is 0 Å². The first-order valence-electron chi connectivity index (χ1n) is 6.02. The van der Waals surface area contributed by atoms with Gasteiger partial charge in [-0.25, -0.2) is 0 Å². The third kappa shape index (κ3) is 2.99. The van der Waals surface area contributed by atoms with Crippen molar-refractivity contribution >= 4 is 0 Å². The van der Waals surface area contributed by atoms with E-state index in [1.807, 2.05) is 26.8 Å². The minimum absolute atomic E-state index is 0.426. The number of benzene rings is 1. The quantitative estimate of drug-likeness (QED) is 0.825. The van der Waals surface area contributed by atoms with E-state index in [1.54, 1.807) is 0 Å². The van der Waals surface area contributed by atoms with Crippen LogP contribution in [-0.2, 0) is 0 Å². The van der Waals surface area contributed by atoms with E-state index in [2.05, 4.69) is 13.0 Å². The summed E-state index contributed by atoms with van der Waals surface area (Å²) in [5.74, 6) is 0.863. The first kappa shape index (κ1) is 13.0. The Labute approximate surface area is 98.3 Å². The molecule has 1 N–H and O–H groups in total. The molecule has 1 atom stereocenters. The van der Waals surface area contributed by atoms with Crippen molar-refractivity contribution in [2.45, 2.75) is 46.6 Å². The summed E-state index contributed by atoms with van der Waals surface area (Å²) in [5.41, 5.74) is 3.20. The highest BCUT2D eigenvalue weighted by Gasteiger charge is 2.14. The van der Waals surface area contributed by atoms with Crippen LogP contribution in [0.15, 0.2) is 12.1 Å². The molecule has 16 heavy (non-hydrogen) atoms. The van der Waals surface area contributed by atoms with Crippen LogP contribution in [0, 0.1) is 13.8 Å². The molecule has 0 saturated carbocycles. The fourth-order valence-corrected chi connectivity index (χ4v) is 1.86. The van der Waals surface area contributed by atoms with E-state index < -0.39 is 6.10 Å². The number of rotatable bonds is 5. The van der Waals surface area contributed by atoms with Gasteiger partial charge in [0.05, 0.1) is 12.7 Å². The number of hydrogen-bond acceptors (Lipinski definition) is 2. The van der Waals surface area contributed by atoms with Gasteiger partial charge in [-0.3, -0.25) is 0 Å². The van der Waals surface area contributed by atoms with Gasteiger partial charge in [0.1, 0.15) is 5.75 Å². The summed E-state index contributed by atoms with van der Waals surface area (Å²) < 4.78 is 5.74. The van der Waals surface area contributed by atoms with Crippen molar-refractivity contribution in [2.24, 2.45) is 0 Å². The Morgan fingerprint density at radius 2 is 1.94 bits per heavy atom. The summed E-state index contributed by atoms with van der Waals surface area (Å²) >= 11 is 0. The standard InChI is InChI=1S/C14H22O2/c1-5-7-16-14-11(4)8-10(3)9-12(14)13(15)6-2/h8-9,13,15H,5-7H2,1-4H3. The van der Waals surface area contributed by atoms with Gasteiger partial charge in [-0.1, -0.05) is 25.5 Å². The summed E-state index contributed by atoms with van der Waals surface area (Å²) in [6, 6.07) is 4.11. The molecule has 0 aliphatic heterocycles. The van der Waals surface area contributed by atoms with Gasteiger partial charge in [-0.15, -0.1) is 0 Å². The highest BCUT2D eigenvalue weighted by atomic mass is 16.5. The largest absolute Gasteiger partial charge is 0.493 e. The summed E-state index contributed by atoms with van der Waals surface area (Å²) in [6.07, 6.45) is 1.27. The second-order valence-electron chi connectivity index (χ2n) is 4.27. The third-order valence-electron chi connectivity index (χ3n) is 2.64. The molecule has 0 radical (unpaired) electrons. The van der Waals surface area contributed by atoms with Crippen LogP contribution >= 0.6 is 0 Å². The van der Waals surface area contributed by atoms with Crippen LogP contribution in [0.4, 0.5) is 0 Å². The molecular weight excluding hydrogens is 200 g/mol. The van der Waals surface area contributed by atoms with Gasteiger partial charge in [-0.05, 0) is 38.3 Å². The molecular formula is C14H22O2. The zero-order valence-electron chi connectivity index (χ0n) is 10.7. The SMILES string of the molecule is CCCOc1c(C)cc(C)cc1C(O)CC. The van der Waals surface area contributed by atoms with Crippen molar-refractivity contribution in [3.63, 3.8) is 0 Å². The number of ether oxygens (including phenoxy) is 1. The Balaban J connectivity index is 3.10. The normalized spacial score (nSPS) is 12.6. The van der Waals surface area contributed by atoms with E-state index in [-0.39, 0.29) is 0 Å². The fourth-order valence-electron chi connectivity index (χ4n) is 1.86. The van der Waals surface area contributed by atoms with Crippen LogP contribution in [0.3, 0.4) is 0 Å². The van der Waals surface area contributed by atoms with Crippen molar-refractivity contribution in [1.82, 2.24) is 0 Å². The number of aliphatic hydroxyl groups excluding tert-OH is 1. The van der Waals surface area contributed by atoms with E-state index in [0.717, 1.165) is 23.3 Å². The van der Waals surface area contributed by atoms with Crippen LogP contribution < -0.4 is 4.74 Å². The summed E-state index contributed by atoms with van der Waals surface area (Å²) in [4.78, 5) is 0. The number of hydrogen-bond donors (Lipinski definition) is 1. The summed E-state index contributed by atoms with van der Waals surface area (Å²) in [7, 11) is 0. The molecule has 2 heteroatoms. The second kappa shape index (κ2) is 5.90. The van der Waals surface area contributed by atoms with Crippen molar-refractivity contribution in [2.75, 3.05) is 6.61 Å². The lowest BCUT2D eigenvalue weighted by atomic mass is 10.00. The van der Waals surface area contributed by atoms with Gasteiger partial charge in [0.25, 0.3) is 0 Å². The minimum atomic E-state index is -0.426. The molecule has 0 saturated heterocycles. The Bertz CT molecular complexity index is 345. The maximum Gasteiger partial charge on any atom is 0.128 e. The molecule has 0 aliphatic carbocycles. The summed E-state index contributed by atoms with van der Waals surface area (Å²) in [5, 5.41) is 9.98. The van der Waals surface area contributed by atoms with E-state index in [0.29, 0.717) is 13.0 Å². The van der Waals surface area contributed by atoms with Crippen molar-refractivity contribution in [1.29, 1.82) is 0 Å². The molecule has 0 aromatic heterocycles. The molecule has 0 aliphatic rings. The van der Waals surface area contributed by atoms with Gasteiger partial charge < -0.3 is 9.84 Å². The monoisotopic (exact) mass is 222 g/mol. The Morgan fingerprint density at radius 3 is 2.50 bits per heavy atom. The predicted molar refractivity (Wildman–Crippen MR) is 67.0 cm³/mol. The first-order valence-corrected chi connectivity index (χ1v) is 6.02. The third-order valence-corrected chi connectivity index (χ3v) is 2.64. The first-order chi connectivity index (χ1) is 7.60. The highest BCUT2D eigenvalue weighted by Crippen LogP contribution is 2.31. The average molecular weight is 222 g/mol. The smallest absolute Gasteiger partial charge is 0.128 e. The Hall–Kier alpha value is -1.02. The Morgan fingerprint density at radius 1 is 1.25 bits per heavy atom. The maximum atomic E-state index is 9.98. The average Bonchev–Trinajstić information content (AvgIpc) is 2.26. The van der Waals surface area contributed by atoms with E-state index >= 15 is 0 Å². The van der Waals surface area contributed by atoms with Gasteiger partial charge in [0.2, 0.25) is 0 Å². The Kier molecular flexibility index (Phi) is 4.81. The molecule has 2 nitrogen and oxygen atoms in total. The lowest BCUT2D eigenvalue weighted by molar-refractivity contribution is 0.167. The number of aryl methyl sites for hydroxylation is 2. The zero-order chi connectivity index (χ0) is 12.1. The van der Waals surface area contributed by atoms with Crippen molar-refractivity contribution in [3.8, 4) is 5.75 Å². The van der Waals surface area contributed by atoms with Crippen LogP contribution in [0.2, 0.25) is 0 Å². The molecule has 0 bridgehead atoms. The fraction of sp³-hybridized carbons (Fsp3) is 0.571. The molecule has 1 rings (SSSR count). The van der Waals surface area contributed by atoms with Crippen LogP contribution in [0.25, 0.3) is 0 Å². The van der Waals surface area contributed by atoms with Crippen molar-refractivity contribution in [3.05, 3.63) is 28.8 Å². The van der Waals surface area contributed by atoms with Gasteiger partial charge in [0, 0.05) is 5.56 Å². The van der Waals surface area contributed by atoms with E-state index in [9.17, 15) is 5.11 Å². The molecule has 0 amide bonds. The van der Waals surface area contributed by atoms with E-state index in [1.165, 1.54) is 5.56 Å². The predicted octanol–water partition coefficient (Wildman–Crippen LogP) is 3.54. The van der Waals surface area contributed by atoms with E-state index in [4.69, 9.17) is 4.74 Å². The molecule has 0 fully saturated rings. The molecule has 0 spiro atoms. The highest BCUT2D eigenvalue weighted by molar-refractivity contribution is 5.45. The summed E-state index contributed by atoms with van der Waals surface area (Å²) in [6.45, 7) is 8.84. The lowest BCUT2D eigenvalue weighted by Gasteiger charge is -2.18. The number of aliphatic hydroxyl groups is 1. The molecule has 1 unspecified atom stereocenters. The topological polar surface area (TPSA) is 29.5 Å². The molecule has 1 aromatic carbocycles. The minimum Gasteiger partial charge on any atom is -0.493 e. The van der Waals surface area contributed by atoms with Gasteiger partial charge in [0.15, 0.2) is 0 Å². The zero-order valence-corrected chi connectivity index (χ0v) is 10.7. The van der Waals surface area contributed by atoms with Gasteiger partial charge in [-0.2, -0.15) is 0 Å².